The summed E-state index contributed by atoms with van der Waals surface area (Å²) < 4.78 is 6.60. The molecule has 6 nitrogen and oxygen atoms in total. The van der Waals surface area contributed by atoms with Crippen molar-refractivity contribution < 1.29 is 14.0 Å². The molecule has 6 heteroatoms. The van der Waals surface area contributed by atoms with Gasteiger partial charge in [0.2, 0.25) is 11.8 Å². The molecule has 21 heavy (non-hydrogen) atoms. The van der Waals surface area contributed by atoms with Crippen molar-refractivity contribution in [3.8, 4) is 0 Å². The van der Waals surface area contributed by atoms with Gasteiger partial charge in [0.1, 0.15) is 6.04 Å². The Hall–Kier alpha value is -2.37. The van der Waals surface area contributed by atoms with Crippen LogP contribution in [0.2, 0.25) is 0 Å². The molecule has 1 saturated heterocycles. The standard InChI is InChI=1S/C15H16N2O4/c1-2-3-9-4-5-10-12(8-9)21-15(20)17(10)11-6-7-13(18)16-14(11)19/h4-5,8,11H,2-3,6-7H2,1H3,(H,16,18,19). The number of piperidine rings is 1. The van der Waals surface area contributed by atoms with Crippen LogP contribution in [-0.2, 0) is 16.0 Å². The number of amides is 2. The van der Waals surface area contributed by atoms with Gasteiger partial charge in [0, 0.05) is 6.42 Å². The molecule has 2 aromatic rings. The topological polar surface area (TPSA) is 81.3 Å². The fourth-order valence-corrected chi connectivity index (χ4v) is 2.75. The van der Waals surface area contributed by atoms with E-state index in [1.807, 2.05) is 12.1 Å². The molecule has 1 fully saturated rings. The lowest BCUT2D eigenvalue weighted by Gasteiger charge is -2.21. The molecule has 110 valence electrons. The fraction of sp³-hybridized carbons (Fsp3) is 0.400. The van der Waals surface area contributed by atoms with E-state index < -0.39 is 17.7 Å². The largest absolute Gasteiger partial charge is 0.420 e. The molecule has 0 aliphatic carbocycles. The molecular weight excluding hydrogens is 272 g/mol. The Morgan fingerprint density at radius 3 is 2.86 bits per heavy atom. The molecule has 0 saturated carbocycles. The van der Waals surface area contributed by atoms with Crippen molar-refractivity contribution in [2.75, 3.05) is 0 Å². The Balaban J connectivity index is 2.06. The summed E-state index contributed by atoms with van der Waals surface area (Å²) in [5, 5.41) is 2.26. The molecule has 1 aliphatic rings. The molecule has 0 bridgehead atoms. The van der Waals surface area contributed by atoms with E-state index in [0.717, 1.165) is 18.4 Å². The summed E-state index contributed by atoms with van der Waals surface area (Å²) in [6.07, 6.45) is 2.45. The van der Waals surface area contributed by atoms with Crippen molar-refractivity contribution in [1.82, 2.24) is 9.88 Å². The first kappa shape index (κ1) is 13.6. The molecule has 1 aromatic heterocycles. The van der Waals surface area contributed by atoms with Crippen LogP contribution in [0.25, 0.3) is 11.1 Å². The molecular formula is C15H16N2O4. The molecule has 0 radical (unpaired) electrons. The molecule has 1 unspecified atom stereocenters. The number of nitrogens with one attached hydrogen (secondary N) is 1. The van der Waals surface area contributed by atoms with Crippen molar-refractivity contribution in [2.45, 2.75) is 38.6 Å². The molecule has 2 heterocycles. The van der Waals surface area contributed by atoms with E-state index >= 15 is 0 Å². The number of imide groups is 1. The highest BCUT2D eigenvalue weighted by Gasteiger charge is 2.31. The van der Waals surface area contributed by atoms with E-state index in [9.17, 15) is 14.4 Å². The number of carbonyl (C=O) groups is 2. The summed E-state index contributed by atoms with van der Waals surface area (Å²) in [6.45, 7) is 2.08. The Morgan fingerprint density at radius 1 is 1.33 bits per heavy atom. The third-order valence-corrected chi connectivity index (χ3v) is 3.74. The Bertz CT molecular complexity index is 772. The van der Waals surface area contributed by atoms with Gasteiger partial charge in [-0.05, 0) is 30.5 Å². The predicted octanol–water partition coefficient (Wildman–Crippen LogP) is 1.52. The number of oxazole rings is 1. The smallest absolute Gasteiger partial charge is 0.408 e. The number of benzene rings is 1. The second kappa shape index (κ2) is 5.20. The summed E-state index contributed by atoms with van der Waals surface area (Å²) in [5.41, 5.74) is 2.17. The van der Waals surface area contributed by atoms with Gasteiger partial charge in [-0.15, -0.1) is 0 Å². The van der Waals surface area contributed by atoms with Gasteiger partial charge in [-0.1, -0.05) is 19.4 Å². The minimum atomic E-state index is -0.687. The number of fused-ring (bicyclic) bond motifs is 1. The second-order valence-corrected chi connectivity index (χ2v) is 5.26. The first-order valence-corrected chi connectivity index (χ1v) is 7.08. The van der Waals surface area contributed by atoms with Crippen LogP contribution < -0.4 is 11.1 Å². The van der Waals surface area contributed by atoms with Crippen LogP contribution in [0.1, 0.15) is 37.8 Å². The van der Waals surface area contributed by atoms with E-state index in [1.165, 1.54) is 4.57 Å². The maximum atomic E-state index is 12.1. The zero-order chi connectivity index (χ0) is 15.0. The van der Waals surface area contributed by atoms with Crippen LogP contribution in [-0.4, -0.2) is 16.4 Å². The van der Waals surface area contributed by atoms with E-state index in [-0.39, 0.29) is 12.3 Å². The lowest BCUT2D eigenvalue weighted by atomic mass is 10.1. The normalized spacial score (nSPS) is 19.0. The highest BCUT2D eigenvalue weighted by Crippen LogP contribution is 2.24. The number of rotatable bonds is 3. The maximum Gasteiger partial charge on any atom is 0.420 e. The second-order valence-electron chi connectivity index (χ2n) is 5.26. The highest BCUT2D eigenvalue weighted by atomic mass is 16.4. The minimum absolute atomic E-state index is 0.226. The first-order valence-electron chi connectivity index (χ1n) is 7.08. The van der Waals surface area contributed by atoms with Crippen LogP contribution >= 0.6 is 0 Å². The third-order valence-electron chi connectivity index (χ3n) is 3.74. The number of hydrogen-bond donors (Lipinski definition) is 1. The van der Waals surface area contributed by atoms with Gasteiger partial charge in [0.05, 0.1) is 5.52 Å². The highest BCUT2D eigenvalue weighted by molar-refractivity contribution is 6.00. The van der Waals surface area contributed by atoms with Gasteiger partial charge in [-0.2, -0.15) is 0 Å². The van der Waals surface area contributed by atoms with Gasteiger partial charge in [-0.3, -0.25) is 19.5 Å². The van der Waals surface area contributed by atoms with E-state index in [1.54, 1.807) is 6.07 Å². The SMILES string of the molecule is CCCc1ccc2c(c1)oc(=O)n2C1CCC(=O)NC1=O. The van der Waals surface area contributed by atoms with Crippen LogP contribution in [0, 0.1) is 0 Å². The number of hydrogen-bond acceptors (Lipinski definition) is 4. The van der Waals surface area contributed by atoms with E-state index in [0.29, 0.717) is 17.5 Å². The van der Waals surface area contributed by atoms with Gasteiger partial charge < -0.3 is 4.42 Å². The van der Waals surface area contributed by atoms with E-state index in [4.69, 9.17) is 4.42 Å². The number of aromatic nitrogens is 1. The average Bonchev–Trinajstić information content (AvgIpc) is 2.75. The third kappa shape index (κ3) is 2.37. The number of aryl methyl sites for hydroxylation is 1. The molecule has 1 aliphatic heterocycles. The number of carbonyl (C=O) groups excluding carboxylic acids is 2. The number of nitrogens with zero attached hydrogens (tertiary/aromatic N) is 1. The molecule has 0 spiro atoms. The minimum Gasteiger partial charge on any atom is -0.408 e. The Labute approximate surface area is 120 Å². The summed E-state index contributed by atoms with van der Waals surface area (Å²) in [5.74, 6) is -1.32. The van der Waals surface area contributed by atoms with Crippen molar-refractivity contribution >= 4 is 22.9 Å². The summed E-state index contributed by atoms with van der Waals surface area (Å²) >= 11 is 0. The monoisotopic (exact) mass is 288 g/mol. The van der Waals surface area contributed by atoms with Crippen molar-refractivity contribution in [3.63, 3.8) is 0 Å². The van der Waals surface area contributed by atoms with Crippen LogP contribution in [0.5, 0.6) is 0 Å². The van der Waals surface area contributed by atoms with Gasteiger partial charge >= 0.3 is 5.76 Å². The Kier molecular flexibility index (Phi) is 3.37. The zero-order valence-corrected chi connectivity index (χ0v) is 11.7. The van der Waals surface area contributed by atoms with Crippen molar-refractivity contribution in [2.24, 2.45) is 0 Å². The molecule has 1 N–H and O–H groups in total. The predicted molar refractivity (Wildman–Crippen MR) is 75.9 cm³/mol. The maximum absolute atomic E-state index is 12.1. The van der Waals surface area contributed by atoms with Crippen LogP contribution in [0.4, 0.5) is 0 Å². The molecule has 3 rings (SSSR count). The first-order chi connectivity index (χ1) is 10.1. The zero-order valence-electron chi connectivity index (χ0n) is 11.7. The summed E-state index contributed by atoms with van der Waals surface area (Å²) in [6, 6.07) is 4.88. The molecule has 1 atom stereocenters. The summed E-state index contributed by atoms with van der Waals surface area (Å²) in [4.78, 5) is 35.2. The lowest BCUT2D eigenvalue weighted by Crippen LogP contribution is -2.43. The summed E-state index contributed by atoms with van der Waals surface area (Å²) in [7, 11) is 0. The van der Waals surface area contributed by atoms with Crippen LogP contribution in [0.3, 0.4) is 0 Å². The lowest BCUT2D eigenvalue weighted by molar-refractivity contribution is -0.135. The quantitative estimate of drug-likeness (QED) is 0.868. The van der Waals surface area contributed by atoms with Crippen LogP contribution in [0.15, 0.2) is 27.4 Å². The van der Waals surface area contributed by atoms with Crippen molar-refractivity contribution in [3.05, 3.63) is 34.3 Å². The Morgan fingerprint density at radius 2 is 2.14 bits per heavy atom. The van der Waals surface area contributed by atoms with Gasteiger partial charge in [-0.25, -0.2) is 4.79 Å². The van der Waals surface area contributed by atoms with E-state index in [2.05, 4.69) is 12.2 Å². The van der Waals surface area contributed by atoms with Gasteiger partial charge in [0.15, 0.2) is 5.58 Å². The fourth-order valence-electron chi connectivity index (χ4n) is 2.75. The molecule has 1 aromatic carbocycles. The van der Waals surface area contributed by atoms with Gasteiger partial charge in [0.25, 0.3) is 0 Å². The average molecular weight is 288 g/mol. The molecule has 2 amide bonds. The van der Waals surface area contributed by atoms with Crippen molar-refractivity contribution in [1.29, 1.82) is 0 Å².